The van der Waals surface area contributed by atoms with Crippen LogP contribution >= 0.6 is 27.5 Å². The van der Waals surface area contributed by atoms with E-state index in [1.807, 2.05) is 19.2 Å². The van der Waals surface area contributed by atoms with Crippen LogP contribution in [0.2, 0.25) is 5.02 Å². The molecule has 0 spiro atoms. The van der Waals surface area contributed by atoms with E-state index in [0.717, 1.165) is 29.1 Å². The van der Waals surface area contributed by atoms with Gasteiger partial charge >= 0.3 is 0 Å². The molecule has 0 aliphatic carbocycles. The second kappa shape index (κ2) is 6.40. The summed E-state index contributed by atoms with van der Waals surface area (Å²) in [5, 5.41) is 7.15. The number of benzene rings is 1. The molecule has 78 valence electrons. The topological polar surface area (TPSA) is 24.1 Å². The van der Waals surface area contributed by atoms with E-state index < -0.39 is 0 Å². The highest BCUT2D eigenvalue weighted by molar-refractivity contribution is 9.10. The second-order valence-electron chi connectivity index (χ2n) is 3.03. The quantitative estimate of drug-likeness (QED) is 0.808. The van der Waals surface area contributed by atoms with Crippen molar-refractivity contribution in [3.05, 3.63) is 33.3 Å². The lowest BCUT2D eigenvalue weighted by Gasteiger charge is -2.05. The zero-order valence-electron chi connectivity index (χ0n) is 8.11. The van der Waals surface area contributed by atoms with Gasteiger partial charge in [-0.2, -0.15) is 0 Å². The largest absolute Gasteiger partial charge is 0.318 e. The molecular formula is C10H14BrClN2. The summed E-state index contributed by atoms with van der Waals surface area (Å²) >= 11 is 9.33. The smallest absolute Gasteiger partial charge is 0.0551 e. The number of nitrogens with one attached hydrogen (secondary N) is 2. The third kappa shape index (κ3) is 3.96. The normalized spacial score (nSPS) is 10.5. The van der Waals surface area contributed by atoms with Gasteiger partial charge in [0.15, 0.2) is 0 Å². The van der Waals surface area contributed by atoms with E-state index in [1.165, 1.54) is 5.56 Å². The summed E-state index contributed by atoms with van der Waals surface area (Å²) in [5.74, 6) is 0. The standard InChI is InChI=1S/C10H14BrClN2/c1-13-4-5-14-7-8-2-3-9(11)10(12)6-8/h2-3,6,13-14H,4-5,7H2,1H3. The Hall–Kier alpha value is -0.0900. The van der Waals surface area contributed by atoms with Gasteiger partial charge in [-0.25, -0.2) is 0 Å². The highest BCUT2D eigenvalue weighted by Gasteiger charge is 1.98. The van der Waals surface area contributed by atoms with Crippen molar-refractivity contribution in [1.82, 2.24) is 10.6 Å². The van der Waals surface area contributed by atoms with Crippen LogP contribution in [-0.2, 0) is 6.54 Å². The first kappa shape index (κ1) is 12.0. The van der Waals surface area contributed by atoms with E-state index in [4.69, 9.17) is 11.6 Å². The van der Waals surface area contributed by atoms with E-state index in [9.17, 15) is 0 Å². The molecule has 4 heteroatoms. The fourth-order valence-corrected chi connectivity index (χ4v) is 1.55. The Morgan fingerprint density at radius 2 is 2.14 bits per heavy atom. The van der Waals surface area contributed by atoms with Crippen LogP contribution in [-0.4, -0.2) is 20.1 Å². The van der Waals surface area contributed by atoms with Gasteiger partial charge in [-0.3, -0.25) is 0 Å². The minimum Gasteiger partial charge on any atom is -0.318 e. The summed E-state index contributed by atoms with van der Waals surface area (Å²) in [6.07, 6.45) is 0. The van der Waals surface area contributed by atoms with Gasteiger partial charge < -0.3 is 10.6 Å². The van der Waals surface area contributed by atoms with Gasteiger partial charge in [0.2, 0.25) is 0 Å². The zero-order chi connectivity index (χ0) is 10.4. The van der Waals surface area contributed by atoms with E-state index in [1.54, 1.807) is 0 Å². The summed E-state index contributed by atoms with van der Waals surface area (Å²) in [7, 11) is 1.94. The molecule has 0 saturated heterocycles. The molecule has 1 aromatic rings. The molecule has 0 unspecified atom stereocenters. The Morgan fingerprint density at radius 3 is 2.79 bits per heavy atom. The van der Waals surface area contributed by atoms with E-state index >= 15 is 0 Å². The van der Waals surface area contributed by atoms with Crippen LogP contribution in [0.5, 0.6) is 0 Å². The number of likely N-dealkylation sites (N-methyl/N-ethyl adjacent to an activating group) is 1. The van der Waals surface area contributed by atoms with Crippen molar-refractivity contribution >= 4 is 27.5 Å². The van der Waals surface area contributed by atoms with Crippen molar-refractivity contribution in [2.24, 2.45) is 0 Å². The Bertz CT molecular complexity index is 291. The van der Waals surface area contributed by atoms with E-state index in [2.05, 4.69) is 32.6 Å². The van der Waals surface area contributed by atoms with Gasteiger partial charge in [0.05, 0.1) is 5.02 Å². The Balaban J connectivity index is 2.39. The fourth-order valence-electron chi connectivity index (χ4n) is 1.10. The minimum absolute atomic E-state index is 0.762. The highest BCUT2D eigenvalue weighted by Crippen LogP contribution is 2.22. The van der Waals surface area contributed by atoms with Crippen LogP contribution in [0.3, 0.4) is 0 Å². The lowest BCUT2D eigenvalue weighted by atomic mass is 10.2. The minimum atomic E-state index is 0.762. The van der Waals surface area contributed by atoms with Gasteiger partial charge in [-0.05, 0) is 40.7 Å². The number of rotatable bonds is 5. The molecule has 1 rings (SSSR count). The summed E-state index contributed by atoms with van der Waals surface area (Å²) in [6.45, 7) is 2.79. The maximum atomic E-state index is 5.97. The highest BCUT2D eigenvalue weighted by atomic mass is 79.9. The number of halogens is 2. The molecule has 2 nitrogen and oxygen atoms in total. The zero-order valence-corrected chi connectivity index (χ0v) is 10.5. The Kier molecular flexibility index (Phi) is 5.48. The fraction of sp³-hybridized carbons (Fsp3) is 0.400. The van der Waals surface area contributed by atoms with Crippen LogP contribution in [0.1, 0.15) is 5.56 Å². The maximum absolute atomic E-state index is 5.97. The predicted molar refractivity (Wildman–Crippen MR) is 64.8 cm³/mol. The van der Waals surface area contributed by atoms with Crippen LogP contribution in [0.4, 0.5) is 0 Å². The lowest BCUT2D eigenvalue weighted by molar-refractivity contribution is 0.651. The average Bonchev–Trinajstić information content (AvgIpc) is 2.18. The van der Waals surface area contributed by atoms with Crippen molar-refractivity contribution in [3.63, 3.8) is 0 Å². The van der Waals surface area contributed by atoms with Gasteiger partial charge in [-0.1, -0.05) is 17.7 Å². The van der Waals surface area contributed by atoms with E-state index in [0.29, 0.717) is 0 Å². The average molecular weight is 278 g/mol. The molecule has 0 aliphatic heterocycles. The van der Waals surface area contributed by atoms with Gasteiger partial charge in [0.1, 0.15) is 0 Å². The van der Waals surface area contributed by atoms with Crippen molar-refractivity contribution < 1.29 is 0 Å². The van der Waals surface area contributed by atoms with Crippen molar-refractivity contribution in [2.45, 2.75) is 6.54 Å². The maximum Gasteiger partial charge on any atom is 0.0551 e. The van der Waals surface area contributed by atoms with Gasteiger partial charge in [0, 0.05) is 24.1 Å². The first-order valence-corrected chi connectivity index (χ1v) is 5.70. The summed E-state index contributed by atoms with van der Waals surface area (Å²) < 4.78 is 0.943. The van der Waals surface area contributed by atoms with Crippen molar-refractivity contribution in [2.75, 3.05) is 20.1 Å². The molecule has 0 atom stereocenters. The third-order valence-corrected chi connectivity index (χ3v) is 3.10. The van der Waals surface area contributed by atoms with E-state index in [-0.39, 0.29) is 0 Å². The molecule has 0 aromatic heterocycles. The van der Waals surface area contributed by atoms with Gasteiger partial charge in [0.25, 0.3) is 0 Å². The SMILES string of the molecule is CNCCNCc1ccc(Br)c(Cl)c1. The first-order valence-electron chi connectivity index (χ1n) is 4.53. The lowest BCUT2D eigenvalue weighted by Crippen LogP contribution is -2.24. The molecular weight excluding hydrogens is 263 g/mol. The Labute approximate surface area is 98.2 Å². The molecule has 2 N–H and O–H groups in total. The Morgan fingerprint density at radius 1 is 1.36 bits per heavy atom. The molecule has 0 aliphatic rings. The third-order valence-electron chi connectivity index (χ3n) is 1.86. The molecule has 0 bridgehead atoms. The van der Waals surface area contributed by atoms with Crippen molar-refractivity contribution in [1.29, 1.82) is 0 Å². The van der Waals surface area contributed by atoms with Crippen LogP contribution in [0, 0.1) is 0 Å². The first-order chi connectivity index (χ1) is 6.74. The molecule has 0 heterocycles. The second-order valence-corrected chi connectivity index (χ2v) is 4.29. The van der Waals surface area contributed by atoms with Crippen molar-refractivity contribution in [3.8, 4) is 0 Å². The van der Waals surface area contributed by atoms with Gasteiger partial charge in [-0.15, -0.1) is 0 Å². The summed E-state index contributed by atoms with van der Waals surface area (Å²) in [4.78, 5) is 0. The van der Waals surface area contributed by atoms with Crippen LogP contribution < -0.4 is 10.6 Å². The molecule has 0 fully saturated rings. The molecule has 14 heavy (non-hydrogen) atoms. The molecule has 1 aromatic carbocycles. The number of hydrogen-bond acceptors (Lipinski definition) is 2. The summed E-state index contributed by atoms with van der Waals surface area (Å²) in [6, 6.07) is 6.00. The predicted octanol–water partition coefficient (Wildman–Crippen LogP) is 2.41. The van der Waals surface area contributed by atoms with Crippen LogP contribution in [0.25, 0.3) is 0 Å². The molecule has 0 saturated carbocycles. The monoisotopic (exact) mass is 276 g/mol. The molecule has 0 radical (unpaired) electrons. The number of hydrogen-bond donors (Lipinski definition) is 2. The van der Waals surface area contributed by atoms with Crippen LogP contribution in [0.15, 0.2) is 22.7 Å². The molecule has 0 amide bonds. The summed E-state index contributed by atoms with van der Waals surface area (Å²) in [5.41, 5.74) is 1.20.